The second-order valence-corrected chi connectivity index (χ2v) is 6.11. The summed E-state index contributed by atoms with van der Waals surface area (Å²) in [6, 6.07) is 0. The third-order valence-electron chi connectivity index (χ3n) is 4.73. The zero-order chi connectivity index (χ0) is 12.8. The molecule has 1 amide bonds. The zero-order valence-electron chi connectivity index (χ0n) is 11.6. The van der Waals surface area contributed by atoms with Gasteiger partial charge in [-0.3, -0.25) is 4.79 Å². The van der Waals surface area contributed by atoms with E-state index in [-0.39, 0.29) is 0 Å². The van der Waals surface area contributed by atoms with Crippen LogP contribution in [0.4, 0.5) is 0 Å². The van der Waals surface area contributed by atoms with Crippen LogP contribution < -0.4 is 5.73 Å². The second kappa shape index (κ2) is 7.13. The summed E-state index contributed by atoms with van der Waals surface area (Å²) in [5, 5.41) is 0. The van der Waals surface area contributed by atoms with Crippen molar-refractivity contribution in [2.75, 3.05) is 19.6 Å². The highest BCUT2D eigenvalue weighted by molar-refractivity contribution is 5.76. The molecule has 18 heavy (non-hydrogen) atoms. The minimum atomic E-state index is 0.410. The summed E-state index contributed by atoms with van der Waals surface area (Å²) in [5.74, 6) is 1.84. The lowest BCUT2D eigenvalue weighted by Gasteiger charge is -2.33. The topological polar surface area (TPSA) is 46.3 Å². The van der Waals surface area contributed by atoms with Gasteiger partial charge >= 0.3 is 0 Å². The quantitative estimate of drug-likeness (QED) is 0.836. The van der Waals surface area contributed by atoms with Gasteiger partial charge in [-0.1, -0.05) is 19.3 Å². The van der Waals surface area contributed by atoms with Gasteiger partial charge in [0.25, 0.3) is 0 Å². The minimum Gasteiger partial charge on any atom is -0.343 e. The lowest BCUT2D eigenvalue weighted by atomic mass is 9.86. The molecule has 3 heteroatoms. The molecule has 2 aliphatic rings. The van der Waals surface area contributed by atoms with Gasteiger partial charge in [0.1, 0.15) is 0 Å². The van der Waals surface area contributed by atoms with E-state index in [1.54, 1.807) is 0 Å². The number of hydrogen-bond acceptors (Lipinski definition) is 2. The van der Waals surface area contributed by atoms with Crippen molar-refractivity contribution in [3.05, 3.63) is 0 Å². The highest BCUT2D eigenvalue weighted by atomic mass is 16.2. The van der Waals surface area contributed by atoms with Crippen molar-refractivity contribution in [3.63, 3.8) is 0 Å². The van der Waals surface area contributed by atoms with Crippen LogP contribution in [0.2, 0.25) is 0 Å². The Bertz CT molecular complexity index is 253. The zero-order valence-corrected chi connectivity index (χ0v) is 11.6. The van der Waals surface area contributed by atoms with E-state index in [2.05, 4.69) is 4.90 Å². The number of carbonyl (C=O) groups is 1. The first-order chi connectivity index (χ1) is 8.79. The van der Waals surface area contributed by atoms with Crippen LogP contribution in [0.5, 0.6) is 0 Å². The Morgan fingerprint density at radius 3 is 2.28 bits per heavy atom. The summed E-state index contributed by atoms with van der Waals surface area (Å²) >= 11 is 0. The number of carbonyl (C=O) groups excluding carboxylic acids is 1. The first-order valence-electron chi connectivity index (χ1n) is 7.77. The molecule has 0 aromatic rings. The van der Waals surface area contributed by atoms with Crippen molar-refractivity contribution in [2.45, 2.75) is 57.8 Å². The minimum absolute atomic E-state index is 0.410. The maximum Gasteiger partial charge on any atom is 0.222 e. The Labute approximate surface area is 111 Å². The maximum atomic E-state index is 12.2. The monoisotopic (exact) mass is 252 g/mol. The standard InChI is InChI=1S/C15H28N2O/c16-9-6-13-7-10-17(11-8-13)15(18)12-14-4-2-1-3-5-14/h13-14H,1-12,16H2. The molecule has 0 spiro atoms. The molecule has 0 radical (unpaired) electrons. The fourth-order valence-electron chi connectivity index (χ4n) is 3.47. The smallest absolute Gasteiger partial charge is 0.222 e. The first kappa shape index (κ1) is 13.9. The Morgan fingerprint density at radius 1 is 1.00 bits per heavy atom. The second-order valence-electron chi connectivity index (χ2n) is 6.11. The number of rotatable bonds is 4. The molecule has 0 unspecified atom stereocenters. The molecule has 1 heterocycles. The maximum absolute atomic E-state index is 12.2. The lowest BCUT2D eigenvalue weighted by Crippen LogP contribution is -2.39. The number of nitrogens with two attached hydrogens (primary N) is 1. The number of hydrogen-bond donors (Lipinski definition) is 1. The molecule has 104 valence electrons. The number of piperidine rings is 1. The van der Waals surface area contributed by atoms with Crippen LogP contribution in [0.3, 0.4) is 0 Å². The predicted molar refractivity (Wildman–Crippen MR) is 74.2 cm³/mol. The van der Waals surface area contributed by atoms with E-state index in [1.807, 2.05) is 0 Å². The molecule has 0 aromatic heterocycles. The fourth-order valence-corrected chi connectivity index (χ4v) is 3.47. The van der Waals surface area contributed by atoms with Crippen LogP contribution in [0.1, 0.15) is 57.8 Å². The van der Waals surface area contributed by atoms with E-state index in [1.165, 1.54) is 32.1 Å². The molecule has 3 nitrogen and oxygen atoms in total. The molecule has 2 fully saturated rings. The van der Waals surface area contributed by atoms with Crippen LogP contribution in [0, 0.1) is 11.8 Å². The van der Waals surface area contributed by atoms with Crippen LogP contribution in [-0.2, 0) is 4.79 Å². The van der Waals surface area contributed by atoms with Gasteiger partial charge in [-0.2, -0.15) is 0 Å². The third-order valence-corrected chi connectivity index (χ3v) is 4.73. The van der Waals surface area contributed by atoms with E-state index in [4.69, 9.17) is 5.73 Å². The van der Waals surface area contributed by atoms with Gasteiger partial charge in [0.15, 0.2) is 0 Å². The van der Waals surface area contributed by atoms with E-state index >= 15 is 0 Å². The molecule has 0 bridgehead atoms. The van der Waals surface area contributed by atoms with Gasteiger partial charge in [0, 0.05) is 19.5 Å². The van der Waals surface area contributed by atoms with Crippen molar-refractivity contribution in [1.82, 2.24) is 4.90 Å². The Balaban J connectivity index is 1.70. The third kappa shape index (κ3) is 3.98. The summed E-state index contributed by atoms with van der Waals surface area (Å²) in [5.41, 5.74) is 5.60. The van der Waals surface area contributed by atoms with Gasteiger partial charge in [0.2, 0.25) is 5.91 Å². The Morgan fingerprint density at radius 2 is 1.67 bits per heavy atom. The molecule has 1 aliphatic heterocycles. The number of likely N-dealkylation sites (tertiary alicyclic amines) is 1. The first-order valence-corrected chi connectivity index (χ1v) is 7.77. The highest BCUT2D eigenvalue weighted by Crippen LogP contribution is 2.28. The molecule has 1 saturated heterocycles. The molecule has 1 saturated carbocycles. The molecule has 2 rings (SSSR count). The Hall–Kier alpha value is -0.570. The molecule has 0 aromatic carbocycles. The summed E-state index contributed by atoms with van der Waals surface area (Å²) in [6.07, 6.45) is 10.8. The van der Waals surface area contributed by atoms with Crippen molar-refractivity contribution in [1.29, 1.82) is 0 Å². The highest BCUT2D eigenvalue weighted by Gasteiger charge is 2.24. The van der Waals surface area contributed by atoms with Crippen molar-refractivity contribution in [2.24, 2.45) is 17.6 Å². The van der Waals surface area contributed by atoms with Gasteiger partial charge in [-0.05, 0) is 50.5 Å². The van der Waals surface area contributed by atoms with Crippen LogP contribution in [0.15, 0.2) is 0 Å². The average Bonchev–Trinajstić information content (AvgIpc) is 2.41. The normalized spacial score (nSPS) is 23.3. The summed E-state index contributed by atoms with van der Waals surface area (Å²) in [4.78, 5) is 14.3. The lowest BCUT2D eigenvalue weighted by molar-refractivity contribution is -0.133. The van der Waals surface area contributed by atoms with Gasteiger partial charge < -0.3 is 10.6 Å². The van der Waals surface area contributed by atoms with Gasteiger partial charge in [-0.15, -0.1) is 0 Å². The van der Waals surface area contributed by atoms with Crippen LogP contribution in [0.25, 0.3) is 0 Å². The number of amides is 1. The summed E-state index contributed by atoms with van der Waals surface area (Å²) < 4.78 is 0. The van der Waals surface area contributed by atoms with E-state index in [9.17, 15) is 4.79 Å². The molecular weight excluding hydrogens is 224 g/mol. The summed E-state index contributed by atoms with van der Waals surface area (Å²) in [7, 11) is 0. The van der Waals surface area contributed by atoms with Crippen LogP contribution >= 0.6 is 0 Å². The Kier molecular flexibility index (Phi) is 5.48. The van der Waals surface area contributed by atoms with Crippen LogP contribution in [-0.4, -0.2) is 30.4 Å². The van der Waals surface area contributed by atoms with Crippen molar-refractivity contribution in [3.8, 4) is 0 Å². The average molecular weight is 252 g/mol. The molecule has 2 N–H and O–H groups in total. The largest absolute Gasteiger partial charge is 0.343 e. The molecular formula is C15H28N2O. The van der Waals surface area contributed by atoms with Gasteiger partial charge in [0.05, 0.1) is 0 Å². The van der Waals surface area contributed by atoms with Gasteiger partial charge in [-0.25, -0.2) is 0 Å². The number of nitrogens with zero attached hydrogens (tertiary/aromatic N) is 1. The van der Waals surface area contributed by atoms with E-state index in [0.29, 0.717) is 11.8 Å². The SMILES string of the molecule is NCCC1CCN(C(=O)CC2CCCCC2)CC1. The molecule has 0 atom stereocenters. The summed E-state index contributed by atoms with van der Waals surface area (Å²) in [6.45, 7) is 2.73. The van der Waals surface area contributed by atoms with Crippen molar-refractivity contribution >= 4 is 5.91 Å². The van der Waals surface area contributed by atoms with E-state index < -0.39 is 0 Å². The predicted octanol–water partition coefficient (Wildman–Crippen LogP) is 2.54. The van der Waals surface area contributed by atoms with E-state index in [0.717, 1.165) is 51.2 Å². The fraction of sp³-hybridized carbons (Fsp3) is 0.933. The van der Waals surface area contributed by atoms with Crippen molar-refractivity contribution < 1.29 is 4.79 Å². The molecule has 1 aliphatic carbocycles.